The molecule has 9 heteroatoms. The SMILES string of the molecule is CN=C/C(=C\N)c1cc[n+](CCC=C(C)C(=O)Nc2cc(C(=O)NCCN3CCC4(CCCCC4)C3)cnc2C)c(C)c1. The summed E-state index contributed by atoms with van der Waals surface area (Å²) in [6.07, 6.45) is 17.6. The molecule has 0 bridgehead atoms. The first-order valence-corrected chi connectivity index (χ1v) is 15.5. The summed E-state index contributed by atoms with van der Waals surface area (Å²) < 4.78 is 2.14. The molecule has 43 heavy (non-hydrogen) atoms. The summed E-state index contributed by atoms with van der Waals surface area (Å²) in [5.74, 6) is -0.377. The maximum absolute atomic E-state index is 13.0. The first-order chi connectivity index (χ1) is 20.7. The number of allylic oxidation sites excluding steroid dienone is 2. The van der Waals surface area contributed by atoms with Crippen molar-refractivity contribution in [3.8, 4) is 0 Å². The van der Waals surface area contributed by atoms with Crippen LogP contribution in [0.4, 0.5) is 5.69 Å². The van der Waals surface area contributed by atoms with Crippen LogP contribution in [0.25, 0.3) is 5.57 Å². The predicted octanol–water partition coefficient (Wildman–Crippen LogP) is 4.35. The molecule has 3 heterocycles. The van der Waals surface area contributed by atoms with Crippen LogP contribution in [0.2, 0.25) is 0 Å². The summed E-state index contributed by atoms with van der Waals surface area (Å²) in [6, 6.07) is 5.79. The highest BCUT2D eigenvalue weighted by Gasteiger charge is 2.38. The lowest BCUT2D eigenvalue weighted by Crippen LogP contribution is -2.36. The maximum atomic E-state index is 13.0. The van der Waals surface area contributed by atoms with Crippen molar-refractivity contribution in [3.63, 3.8) is 0 Å². The number of likely N-dealkylation sites (tertiary alicyclic amines) is 1. The summed E-state index contributed by atoms with van der Waals surface area (Å²) in [6.45, 7) is 10.1. The van der Waals surface area contributed by atoms with Crippen molar-refractivity contribution in [2.24, 2.45) is 16.1 Å². The molecule has 1 aliphatic heterocycles. The lowest BCUT2D eigenvalue weighted by molar-refractivity contribution is -0.702. The molecule has 4 N–H and O–H groups in total. The number of aliphatic imine (C=N–C) groups is 1. The van der Waals surface area contributed by atoms with Crippen LogP contribution >= 0.6 is 0 Å². The second-order valence-corrected chi connectivity index (χ2v) is 12.1. The highest BCUT2D eigenvalue weighted by atomic mass is 16.2. The molecule has 1 aliphatic carbocycles. The minimum Gasteiger partial charge on any atom is -0.404 e. The van der Waals surface area contributed by atoms with E-state index in [1.165, 1.54) is 38.5 Å². The third kappa shape index (κ3) is 8.60. The topological polar surface area (TPSA) is 117 Å². The summed E-state index contributed by atoms with van der Waals surface area (Å²) in [5.41, 5.74) is 11.5. The van der Waals surface area contributed by atoms with Crippen molar-refractivity contribution >= 4 is 29.3 Å². The second kappa shape index (κ2) is 15.0. The van der Waals surface area contributed by atoms with E-state index in [0.29, 0.717) is 40.9 Å². The summed E-state index contributed by atoms with van der Waals surface area (Å²) in [4.78, 5) is 36.8. The highest BCUT2D eigenvalue weighted by Crippen LogP contribution is 2.43. The zero-order valence-electron chi connectivity index (χ0n) is 26.3. The lowest BCUT2D eigenvalue weighted by atomic mass is 9.73. The van der Waals surface area contributed by atoms with Gasteiger partial charge in [-0.15, -0.1) is 0 Å². The van der Waals surface area contributed by atoms with Crippen LogP contribution in [0.1, 0.15) is 79.2 Å². The van der Waals surface area contributed by atoms with Gasteiger partial charge in [-0.3, -0.25) is 19.6 Å². The number of nitrogens with two attached hydrogens (primary N) is 1. The Hall–Kier alpha value is -3.85. The smallest absolute Gasteiger partial charge is 0.252 e. The Morgan fingerprint density at radius 3 is 2.67 bits per heavy atom. The maximum Gasteiger partial charge on any atom is 0.252 e. The molecule has 1 spiro atoms. The van der Waals surface area contributed by atoms with Gasteiger partial charge >= 0.3 is 0 Å². The Balaban J connectivity index is 1.27. The number of hydrogen-bond acceptors (Lipinski definition) is 6. The van der Waals surface area contributed by atoms with Crippen LogP contribution in [0, 0.1) is 19.3 Å². The molecule has 2 aromatic rings. The van der Waals surface area contributed by atoms with Gasteiger partial charge in [0, 0.05) is 81.9 Å². The van der Waals surface area contributed by atoms with Gasteiger partial charge in [0.15, 0.2) is 18.4 Å². The van der Waals surface area contributed by atoms with Gasteiger partial charge in [0.25, 0.3) is 11.8 Å². The molecule has 2 amide bonds. The number of amides is 2. The molecule has 9 nitrogen and oxygen atoms in total. The standard InChI is InChI=1S/C34H47N7O2/c1-25(9-8-15-41-16-10-28(19-26(41)2)30(21-35)22-36-4)32(42)39-31-20-29(23-38-27(31)3)33(43)37-14-18-40-17-13-34(24-40)11-6-5-7-12-34/h9-10,16,19-23,35H,5-8,11-15,17-18,24H2,1-4H3,(H2,37,39,42,43)/p+1. The van der Waals surface area contributed by atoms with Crippen LogP contribution in [0.3, 0.4) is 0 Å². The molecular formula is C34H48N7O2+. The van der Waals surface area contributed by atoms with Gasteiger partial charge in [0.2, 0.25) is 0 Å². The monoisotopic (exact) mass is 586 g/mol. The fourth-order valence-corrected chi connectivity index (χ4v) is 6.30. The van der Waals surface area contributed by atoms with E-state index in [1.54, 1.807) is 38.6 Å². The molecule has 0 radical (unpaired) electrons. The van der Waals surface area contributed by atoms with Gasteiger partial charge in [-0.05, 0) is 56.7 Å². The average Bonchev–Trinajstić information content (AvgIpc) is 3.39. The second-order valence-electron chi connectivity index (χ2n) is 12.1. The van der Waals surface area contributed by atoms with Gasteiger partial charge < -0.3 is 21.3 Å². The predicted molar refractivity (Wildman–Crippen MR) is 173 cm³/mol. The average molecular weight is 587 g/mol. The molecule has 4 rings (SSSR count). The van der Waals surface area contributed by atoms with Crippen LogP contribution in [0.15, 0.2) is 53.4 Å². The van der Waals surface area contributed by atoms with Crippen LogP contribution in [-0.4, -0.2) is 61.1 Å². The zero-order valence-corrected chi connectivity index (χ0v) is 26.3. The largest absolute Gasteiger partial charge is 0.404 e. The number of nitrogens with one attached hydrogen (secondary N) is 2. The van der Waals surface area contributed by atoms with Crippen LogP contribution < -0.4 is 20.9 Å². The lowest BCUT2D eigenvalue weighted by Gasteiger charge is -2.33. The molecule has 1 saturated heterocycles. The molecule has 2 aromatic heterocycles. The summed E-state index contributed by atoms with van der Waals surface area (Å²) in [5, 5.41) is 5.99. The van der Waals surface area contributed by atoms with Crippen molar-refractivity contribution < 1.29 is 14.2 Å². The number of carbonyl (C=O) groups is 2. The first-order valence-electron chi connectivity index (χ1n) is 15.5. The summed E-state index contributed by atoms with van der Waals surface area (Å²) >= 11 is 0. The third-order valence-electron chi connectivity index (χ3n) is 8.95. The summed E-state index contributed by atoms with van der Waals surface area (Å²) in [7, 11) is 1.72. The normalized spacial score (nSPS) is 17.5. The minimum atomic E-state index is -0.207. The molecule has 230 valence electrons. The van der Waals surface area contributed by atoms with Gasteiger partial charge in [-0.2, -0.15) is 0 Å². The van der Waals surface area contributed by atoms with E-state index in [4.69, 9.17) is 5.73 Å². The Kier molecular flexibility index (Phi) is 11.2. The van der Waals surface area contributed by atoms with Gasteiger partial charge in [-0.1, -0.05) is 25.3 Å². The van der Waals surface area contributed by atoms with E-state index in [2.05, 4.69) is 36.1 Å². The van der Waals surface area contributed by atoms with Crippen LogP contribution in [0.5, 0.6) is 0 Å². The van der Waals surface area contributed by atoms with E-state index in [1.807, 2.05) is 32.2 Å². The molecule has 1 saturated carbocycles. The van der Waals surface area contributed by atoms with Crippen molar-refractivity contribution in [2.75, 3.05) is 38.5 Å². The van der Waals surface area contributed by atoms with Crippen molar-refractivity contribution in [2.45, 2.75) is 72.3 Å². The number of rotatable bonds is 11. The third-order valence-corrected chi connectivity index (χ3v) is 8.95. The number of carbonyl (C=O) groups excluding carboxylic acids is 2. The molecule has 2 aliphatic rings. The van der Waals surface area contributed by atoms with E-state index in [-0.39, 0.29) is 11.8 Å². The molecule has 2 fully saturated rings. The van der Waals surface area contributed by atoms with Gasteiger partial charge in [-0.25, -0.2) is 4.57 Å². The molecule has 0 aromatic carbocycles. The minimum absolute atomic E-state index is 0.170. The Bertz CT molecular complexity index is 1390. The van der Waals surface area contributed by atoms with Crippen LogP contribution in [-0.2, 0) is 11.3 Å². The van der Waals surface area contributed by atoms with E-state index in [0.717, 1.165) is 43.0 Å². The van der Waals surface area contributed by atoms with Crippen molar-refractivity contribution in [1.82, 2.24) is 15.2 Å². The number of aromatic nitrogens is 2. The number of nitrogens with zero attached hydrogens (tertiary/aromatic N) is 4. The Morgan fingerprint density at radius 1 is 1.16 bits per heavy atom. The Labute approximate surface area is 256 Å². The first kappa shape index (κ1) is 32.1. The number of anilines is 1. The quantitative estimate of drug-likeness (QED) is 0.206. The van der Waals surface area contributed by atoms with E-state index in [9.17, 15) is 9.59 Å². The number of aryl methyl sites for hydroxylation is 3. The molecular weight excluding hydrogens is 538 g/mol. The van der Waals surface area contributed by atoms with Gasteiger partial charge in [0.1, 0.15) is 0 Å². The highest BCUT2D eigenvalue weighted by molar-refractivity contribution is 6.09. The zero-order chi connectivity index (χ0) is 30.8. The Morgan fingerprint density at radius 2 is 1.95 bits per heavy atom. The van der Waals surface area contributed by atoms with E-state index < -0.39 is 0 Å². The molecule has 0 atom stereocenters. The fraction of sp³-hybridized carbons (Fsp3) is 0.500. The van der Waals surface area contributed by atoms with E-state index >= 15 is 0 Å². The van der Waals surface area contributed by atoms with Crippen molar-refractivity contribution in [1.29, 1.82) is 0 Å². The van der Waals surface area contributed by atoms with Crippen molar-refractivity contribution in [3.05, 3.63) is 71.0 Å². The fourth-order valence-electron chi connectivity index (χ4n) is 6.30. The van der Waals surface area contributed by atoms with Gasteiger partial charge in [0.05, 0.1) is 16.9 Å². The molecule has 0 unspecified atom stereocenters. The number of hydrogen-bond donors (Lipinski definition) is 3. The number of pyridine rings is 2.